The van der Waals surface area contributed by atoms with Crippen LogP contribution in [0.15, 0.2) is 53.0 Å². The lowest BCUT2D eigenvalue weighted by Crippen LogP contribution is -2.87. The molecule has 1 amide bonds. The second-order valence-electron chi connectivity index (χ2n) is 5.70. The standard InChI is InChI=1S/C19H22BrFN2O/c1-2-18(15-7-9-16(20)10-8-15)23-13-19(24)22-12-11-14-5-3-4-6-17(14)21/h3-10,18,23H,2,11-13H2,1H3,(H,22,24)/p+1/t18-/m1/s1. The summed E-state index contributed by atoms with van der Waals surface area (Å²) in [7, 11) is 0. The summed E-state index contributed by atoms with van der Waals surface area (Å²) in [4.78, 5) is 12.0. The second kappa shape index (κ2) is 9.55. The first-order chi connectivity index (χ1) is 11.6. The average Bonchev–Trinajstić information content (AvgIpc) is 2.58. The molecule has 2 aromatic rings. The molecule has 0 aromatic heterocycles. The van der Waals surface area contributed by atoms with Crippen LogP contribution in [0, 0.1) is 5.82 Å². The molecular weight excluding hydrogens is 371 g/mol. The van der Waals surface area contributed by atoms with Crippen molar-refractivity contribution in [1.29, 1.82) is 0 Å². The van der Waals surface area contributed by atoms with Gasteiger partial charge < -0.3 is 10.6 Å². The van der Waals surface area contributed by atoms with Gasteiger partial charge in [-0.15, -0.1) is 0 Å². The van der Waals surface area contributed by atoms with Crippen molar-refractivity contribution in [3.63, 3.8) is 0 Å². The molecule has 0 aliphatic carbocycles. The third kappa shape index (κ3) is 5.73. The summed E-state index contributed by atoms with van der Waals surface area (Å²) in [5.74, 6) is -0.249. The monoisotopic (exact) mass is 393 g/mol. The van der Waals surface area contributed by atoms with Gasteiger partial charge in [-0.2, -0.15) is 0 Å². The third-order valence-electron chi connectivity index (χ3n) is 4.00. The Morgan fingerprint density at radius 2 is 1.92 bits per heavy atom. The fraction of sp³-hybridized carbons (Fsp3) is 0.316. The zero-order chi connectivity index (χ0) is 17.4. The van der Waals surface area contributed by atoms with E-state index in [0.29, 0.717) is 25.1 Å². The van der Waals surface area contributed by atoms with Crippen LogP contribution >= 0.6 is 15.9 Å². The summed E-state index contributed by atoms with van der Waals surface area (Å²) < 4.78 is 14.6. The maximum atomic E-state index is 13.5. The highest BCUT2D eigenvalue weighted by Gasteiger charge is 2.14. The lowest BCUT2D eigenvalue weighted by molar-refractivity contribution is -0.686. The first kappa shape index (κ1) is 18.6. The van der Waals surface area contributed by atoms with E-state index in [0.717, 1.165) is 10.9 Å². The molecule has 0 aliphatic rings. The van der Waals surface area contributed by atoms with Gasteiger partial charge in [0.05, 0.1) is 0 Å². The Hall–Kier alpha value is -1.72. The van der Waals surface area contributed by atoms with E-state index in [1.165, 1.54) is 11.6 Å². The van der Waals surface area contributed by atoms with Crippen LogP contribution < -0.4 is 10.6 Å². The topological polar surface area (TPSA) is 45.7 Å². The molecule has 2 aromatic carbocycles. The molecule has 128 valence electrons. The number of benzene rings is 2. The minimum atomic E-state index is -0.223. The smallest absolute Gasteiger partial charge is 0.275 e. The molecule has 3 nitrogen and oxygen atoms in total. The largest absolute Gasteiger partial charge is 0.351 e. The van der Waals surface area contributed by atoms with Crippen LogP contribution in [0.2, 0.25) is 0 Å². The van der Waals surface area contributed by atoms with Crippen molar-refractivity contribution in [2.45, 2.75) is 25.8 Å². The van der Waals surface area contributed by atoms with Crippen molar-refractivity contribution < 1.29 is 14.5 Å². The van der Waals surface area contributed by atoms with Crippen molar-refractivity contribution in [3.05, 3.63) is 69.9 Å². The number of carbonyl (C=O) groups is 1. The number of hydrogen-bond acceptors (Lipinski definition) is 1. The maximum absolute atomic E-state index is 13.5. The summed E-state index contributed by atoms with van der Waals surface area (Å²) in [6, 6.07) is 15.1. The quantitative estimate of drug-likeness (QED) is 0.711. The van der Waals surface area contributed by atoms with Crippen LogP contribution in [-0.2, 0) is 11.2 Å². The predicted octanol–water partition coefficient (Wildman–Crippen LogP) is 2.96. The molecule has 0 aliphatic heterocycles. The molecule has 2 rings (SSSR count). The molecule has 5 heteroatoms. The van der Waals surface area contributed by atoms with Crippen LogP contribution in [0.3, 0.4) is 0 Å². The van der Waals surface area contributed by atoms with E-state index in [1.54, 1.807) is 18.2 Å². The Bertz CT molecular complexity index is 661. The van der Waals surface area contributed by atoms with Crippen LogP contribution in [0.1, 0.15) is 30.5 Å². The highest BCUT2D eigenvalue weighted by Crippen LogP contribution is 2.16. The summed E-state index contributed by atoms with van der Waals surface area (Å²) in [5, 5.41) is 4.90. The van der Waals surface area contributed by atoms with Crippen LogP contribution in [0.4, 0.5) is 4.39 Å². The molecule has 0 fully saturated rings. The van der Waals surface area contributed by atoms with Gasteiger partial charge in [0, 0.05) is 23.0 Å². The summed E-state index contributed by atoms with van der Waals surface area (Å²) in [6.07, 6.45) is 1.45. The molecule has 0 heterocycles. The number of nitrogens with one attached hydrogen (secondary N) is 1. The number of rotatable bonds is 8. The lowest BCUT2D eigenvalue weighted by Gasteiger charge is -2.14. The molecular formula is C19H23BrFN2O+. The Morgan fingerprint density at radius 3 is 2.58 bits per heavy atom. The maximum Gasteiger partial charge on any atom is 0.275 e. The van der Waals surface area contributed by atoms with Gasteiger partial charge in [0.2, 0.25) is 0 Å². The fourth-order valence-corrected chi connectivity index (χ4v) is 2.87. The highest BCUT2D eigenvalue weighted by molar-refractivity contribution is 9.10. The van der Waals surface area contributed by atoms with E-state index < -0.39 is 0 Å². The van der Waals surface area contributed by atoms with E-state index >= 15 is 0 Å². The SMILES string of the molecule is CC[C@@H]([NH2+]CC(=O)NCCc1ccccc1F)c1ccc(Br)cc1. The lowest BCUT2D eigenvalue weighted by atomic mass is 10.0. The Labute approximate surface area is 150 Å². The van der Waals surface area contributed by atoms with Crippen molar-refractivity contribution in [1.82, 2.24) is 5.32 Å². The second-order valence-corrected chi connectivity index (χ2v) is 6.61. The summed E-state index contributed by atoms with van der Waals surface area (Å²) in [6.45, 7) is 2.92. The van der Waals surface area contributed by atoms with Crippen LogP contribution in [0.25, 0.3) is 0 Å². The Morgan fingerprint density at radius 1 is 1.21 bits per heavy atom. The van der Waals surface area contributed by atoms with Gasteiger partial charge in [0.25, 0.3) is 5.91 Å². The fourth-order valence-electron chi connectivity index (χ4n) is 2.61. The van der Waals surface area contributed by atoms with E-state index in [9.17, 15) is 9.18 Å². The van der Waals surface area contributed by atoms with E-state index in [4.69, 9.17) is 0 Å². The van der Waals surface area contributed by atoms with E-state index in [1.807, 2.05) is 17.4 Å². The molecule has 0 unspecified atom stereocenters. The molecule has 0 saturated carbocycles. The molecule has 0 spiro atoms. The van der Waals surface area contributed by atoms with Crippen LogP contribution in [-0.4, -0.2) is 19.0 Å². The summed E-state index contributed by atoms with van der Waals surface area (Å²) >= 11 is 3.43. The number of nitrogens with two attached hydrogens (primary N) is 1. The average molecular weight is 394 g/mol. The number of halogens is 2. The van der Waals surface area contributed by atoms with E-state index in [2.05, 4.69) is 40.3 Å². The number of carbonyl (C=O) groups excluding carboxylic acids is 1. The van der Waals surface area contributed by atoms with Gasteiger partial charge >= 0.3 is 0 Å². The van der Waals surface area contributed by atoms with E-state index in [-0.39, 0.29) is 17.8 Å². The van der Waals surface area contributed by atoms with Gasteiger partial charge in [-0.25, -0.2) is 4.39 Å². The zero-order valence-corrected chi connectivity index (χ0v) is 15.4. The minimum Gasteiger partial charge on any atom is -0.351 e. The molecule has 1 atom stereocenters. The number of hydrogen-bond donors (Lipinski definition) is 2. The zero-order valence-electron chi connectivity index (χ0n) is 13.8. The number of amides is 1. The highest BCUT2D eigenvalue weighted by atomic mass is 79.9. The minimum absolute atomic E-state index is 0.0260. The van der Waals surface area contributed by atoms with Crippen molar-refractivity contribution in [3.8, 4) is 0 Å². The van der Waals surface area contributed by atoms with Crippen molar-refractivity contribution in [2.24, 2.45) is 0 Å². The normalized spacial score (nSPS) is 12.0. The van der Waals surface area contributed by atoms with Gasteiger partial charge in [-0.3, -0.25) is 4.79 Å². The first-order valence-corrected chi connectivity index (χ1v) is 8.98. The molecule has 0 bridgehead atoms. The Balaban J connectivity index is 1.75. The van der Waals surface area contributed by atoms with Crippen molar-refractivity contribution in [2.75, 3.05) is 13.1 Å². The molecule has 3 N–H and O–H groups in total. The molecule has 0 radical (unpaired) electrons. The summed E-state index contributed by atoms with van der Waals surface area (Å²) in [5.41, 5.74) is 1.84. The molecule has 24 heavy (non-hydrogen) atoms. The first-order valence-electron chi connectivity index (χ1n) is 8.19. The van der Waals surface area contributed by atoms with Gasteiger partial charge in [-0.05, 0) is 30.2 Å². The van der Waals surface area contributed by atoms with Crippen molar-refractivity contribution >= 4 is 21.8 Å². The van der Waals surface area contributed by atoms with Crippen LogP contribution in [0.5, 0.6) is 0 Å². The predicted molar refractivity (Wildman–Crippen MR) is 97.1 cm³/mol. The van der Waals surface area contributed by atoms with Gasteiger partial charge in [0.1, 0.15) is 11.9 Å². The molecule has 0 saturated heterocycles. The number of quaternary nitrogens is 1. The van der Waals surface area contributed by atoms with Gasteiger partial charge in [0.15, 0.2) is 6.54 Å². The third-order valence-corrected chi connectivity index (χ3v) is 4.53. The van der Waals surface area contributed by atoms with Gasteiger partial charge in [-0.1, -0.05) is 53.2 Å². The Kier molecular flexibility index (Phi) is 7.40.